The van der Waals surface area contributed by atoms with E-state index in [1.165, 1.54) is 12.1 Å². The maximum atomic E-state index is 13.8. The summed E-state index contributed by atoms with van der Waals surface area (Å²) < 4.78 is 24.9. The quantitative estimate of drug-likeness (QED) is 0.768. The lowest BCUT2D eigenvalue weighted by atomic mass is 10.1. The highest BCUT2D eigenvalue weighted by atomic mass is 19.1. The Labute approximate surface area is 144 Å². The van der Waals surface area contributed by atoms with Gasteiger partial charge in [-0.05, 0) is 43.5 Å². The van der Waals surface area contributed by atoms with E-state index in [4.69, 9.17) is 9.26 Å². The molecule has 0 aliphatic carbocycles. The number of hydrogen-bond donors (Lipinski definition) is 1. The van der Waals surface area contributed by atoms with Gasteiger partial charge in [-0.15, -0.1) is 0 Å². The number of nitrogens with one attached hydrogen (secondary N) is 1. The van der Waals surface area contributed by atoms with Gasteiger partial charge in [0.2, 0.25) is 0 Å². The molecule has 2 aromatic heterocycles. The molecule has 1 aliphatic heterocycles. The second-order valence-corrected chi connectivity index (χ2v) is 6.27. The fourth-order valence-electron chi connectivity index (χ4n) is 3.21. The average Bonchev–Trinajstić information content (AvgIpc) is 3.23. The Kier molecular flexibility index (Phi) is 4.42. The van der Waals surface area contributed by atoms with Crippen LogP contribution in [0, 0.1) is 12.7 Å². The first-order chi connectivity index (χ1) is 12.2. The van der Waals surface area contributed by atoms with E-state index in [2.05, 4.69) is 20.4 Å². The summed E-state index contributed by atoms with van der Waals surface area (Å²) in [5, 5.41) is 7.95. The van der Waals surface area contributed by atoms with Crippen molar-refractivity contribution in [2.24, 2.45) is 0 Å². The Morgan fingerprint density at radius 3 is 3.08 bits per heavy atom. The van der Waals surface area contributed by atoms with Crippen molar-refractivity contribution in [3.63, 3.8) is 0 Å². The molecular formula is C18H19FN4O2. The minimum atomic E-state index is -0.249. The van der Waals surface area contributed by atoms with Gasteiger partial charge in [-0.25, -0.2) is 4.39 Å². The second kappa shape index (κ2) is 6.85. The largest absolute Gasteiger partial charge is 0.364 e. The molecule has 3 aromatic rings. The van der Waals surface area contributed by atoms with Gasteiger partial charge < -0.3 is 14.6 Å². The van der Waals surface area contributed by atoms with Crippen molar-refractivity contribution in [1.29, 1.82) is 0 Å². The molecule has 1 aromatic carbocycles. The molecular weight excluding hydrogens is 323 g/mol. The summed E-state index contributed by atoms with van der Waals surface area (Å²) in [6, 6.07) is 6.71. The summed E-state index contributed by atoms with van der Waals surface area (Å²) in [5.41, 5.74) is 1.67. The normalized spacial score (nSPS) is 20.4. The molecule has 7 heteroatoms. The highest BCUT2D eigenvalue weighted by molar-refractivity contribution is 5.81. The zero-order valence-corrected chi connectivity index (χ0v) is 13.9. The third-order valence-corrected chi connectivity index (χ3v) is 4.36. The van der Waals surface area contributed by atoms with Crippen LogP contribution in [0.3, 0.4) is 0 Å². The van der Waals surface area contributed by atoms with Crippen molar-refractivity contribution in [3.05, 3.63) is 53.6 Å². The van der Waals surface area contributed by atoms with Gasteiger partial charge in [0.15, 0.2) is 5.82 Å². The van der Waals surface area contributed by atoms with Crippen molar-refractivity contribution in [3.8, 4) is 0 Å². The number of rotatable bonds is 5. The fraction of sp³-hybridized carbons (Fsp3) is 0.389. The number of hydrogen-bond acceptors (Lipinski definition) is 6. The van der Waals surface area contributed by atoms with Gasteiger partial charge in [0.1, 0.15) is 11.9 Å². The predicted molar refractivity (Wildman–Crippen MR) is 89.3 cm³/mol. The molecule has 6 nitrogen and oxygen atoms in total. The van der Waals surface area contributed by atoms with Gasteiger partial charge in [0.05, 0.1) is 11.6 Å². The lowest BCUT2D eigenvalue weighted by Crippen LogP contribution is -2.26. The molecule has 0 saturated carbocycles. The molecule has 130 valence electrons. The van der Waals surface area contributed by atoms with E-state index < -0.39 is 0 Å². The first-order valence-corrected chi connectivity index (χ1v) is 8.38. The minimum Gasteiger partial charge on any atom is -0.364 e. The SMILES string of the molecule is Cc1noc([C@@H]2CC[C@H](CNCc3cc(F)cc4cccnc34)O2)n1. The van der Waals surface area contributed by atoms with Crippen LogP contribution in [0.15, 0.2) is 35.0 Å². The van der Waals surface area contributed by atoms with Crippen molar-refractivity contribution < 1.29 is 13.7 Å². The predicted octanol–water partition coefficient (Wildman–Crippen LogP) is 3.08. The molecule has 25 heavy (non-hydrogen) atoms. The highest BCUT2D eigenvalue weighted by Gasteiger charge is 2.30. The highest BCUT2D eigenvalue weighted by Crippen LogP contribution is 2.31. The molecule has 1 fully saturated rings. The third-order valence-electron chi connectivity index (χ3n) is 4.36. The molecule has 1 saturated heterocycles. The maximum Gasteiger partial charge on any atom is 0.255 e. The first-order valence-electron chi connectivity index (χ1n) is 8.38. The summed E-state index contributed by atoms with van der Waals surface area (Å²) in [4.78, 5) is 8.59. The summed E-state index contributed by atoms with van der Waals surface area (Å²) in [7, 11) is 0. The lowest BCUT2D eigenvalue weighted by molar-refractivity contribution is 0.0264. The van der Waals surface area contributed by atoms with Crippen LogP contribution in [-0.4, -0.2) is 27.8 Å². The third kappa shape index (κ3) is 3.52. The fourth-order valence-corrected chi connectivity index (χ4v) is 3.21. The van der Waals surface area contributed by atoms with E-state index in [1.807, 2.05) is 12.1 Å². The number of benzene rings is 1. The van der Waals surface area contributed by atoms with E-state index in [0.29, 0.717) is 24.8 Å². The number of pyridine rings is 1. The van der Waals surface area contributed by atoms with Crippen molar-refractivity contribution in [2.75, 3.05) is 6.54 Å². The Hall–Kier alpha value is -2.38. The molecule has 1 aliphatic rings. The summed E-state index contributed by atoms with van der Waals surface area (Å²) in [5.74, 6) is 0.909. The van der Waals surface area contributed by atoms with Crippen LogP contribution < -0.4 is 5.32 Å². The number of aromatic nitrogens is 3. The van der Waals surface area contributed by atoms with Gasteiger partial charge in [-0.3, -0.25) is 4.98 Å². The summed E-state index contributed by atoms with van der Waals surface area (Å²) in [6.45, 7) is 3.00. The van der Waals surface area contributed by atoms with Gasteiger partial charge >= 0.3 is 0 Å². The summed E-state index contributed by atoms with van der Waals surface area (Å²) >= 11 is 0. The number of halogens is 1. The van der Waals surface area contributed by atoms with E-state index in [9.17, 15) is 4.39 Å². The van der Waals surface area contributed by atoms with Gasteiger partial charge in [0, 0.05) is 24.7 Å². The van der Waals surface area contributed by atoms with Gasteiger partial charge in [-0.2, -0.15) is 4.98 Å². The van der Waals surface area contributed by atoms with E-state index in [-0.39, 0.29) is 18.0 Å². The molecule has 2 atom stereocenters. The Balaban J connectivity index is 1.36. The van der Waals surface area contributed by atoms with Crippen LogP contribution in [-0.2, 0) is 11.3 Å². The van der Waals surface area contributed by atoms with Gasteiger partial charge in [0.25, 0.3) is 5.89 Å². The van der Waals surface area contributed by atoms with Crippen molar-refractivity contribution in [2.45, 2.75) is 38.5 Å². The zero-order valence-electron chi connectivity index (χ0n) is 13.9. The number of nitrogens with zero attached hydrogens (tertiary/aromatic N) is 3. The number of ether oxygens (including phenoxy) is 1. The summed E-state index contributed by atoms with van der Waals surface area (Å²) in [6.07, 6.45) is 3.44. The van der Waals surface area contributed by atoms with Crippen molar-refractivity contribution in [1.82, 2.24) is 20.4 Å². The number of fused-ring (bicyclic) bond motifs is 1. The molecule has 4 rings (SSSR count). The van der Waals surface area contributed by atoms with Crippen LogP contribution >= 0.6 is 0 Å². The van der Waals surface area contributed by atoms with Crippen LogP contribution in [0.2, 0.25) is 0 Å². The van der Waals surface area contributed by atoms with Crippen LogP contribution in [0.4, 0.5) is 4.39 Å². The molecule has 0 amide bonds. The topological polar surface area (TPSA) is 73.1 Å². The number of aryl methyl sites for hydroxylation is 1. The first kappa shape index (κ1) is 16.1. The monoisotopic (exact) mass is 342 g/mol. The standard InChI is InChI=1S/C18H19FN4O2/c1-11-22-18(25-23-11)16-5-4-15(24-16)10-20-9-13-8-14(19)7-12-3-2-6-21-17(12)13/h2-3,6-8,15-16,20H,4-5,9-10H2,1H3/t15-,16+/m1/s1. The van der Waals surface area contributed by atoms with Gasteiger partial charge in [-0.1, -0.05) is 11.2 Å². The van der Waals surface area contributed by atoms with Crippen LogP contribution in [0.1, 0.15) is 36.2 Å². The maximum absolute atomic E-state index is 13.8. The minimum absolute atomic E-state index is 0.0741. The Bertz CT molecular complexity index is 882. The smallest absolute Gasteiger partial charge is 0.255 e. The molecule has 1 N–H and O–H groups in total. The van der Waals surface area contributed by atoms with E-state index in [0.717, 1.165) is 29.3 Å². The Morgan fingerprint density at radius 2 is 2.24 bits per heavy atom. The van der Waals surface area contributed by atoms with Crippen LogP contribution in [0.5, 0.6) is 0 Å². The second-order valence-electron chi connectivity index (χ2n) is 6.27. The average molecular weight is 342 g/mol. The molecule has 0 radical (unpaired) electrons. The van der Waals surface area contributed by atoms with E-state index >= 15 is 0 Å². The molecule has 3 heterocycles. The molecule has 0 spiro atoms. The van der Waals surface area contributed by atoms with E-state index in [1.54, 1.807) is 13.1 Å². The molecule has 0 unspecified atom stereocenters. The molecule has 0 bridgehead atoms. The lowest BCUT2D eigenvalue weighted by Gasteiger charge is -2.13. The Morgan fingerprint density at radius 1 is 1.32 bits per heavy atom. The van der Waals surface area contributed by atoms with Crippen LogP contribution in [0.25, 0.3) is 10.9 Å². The zero-order chi connectivity index (χ0) is 17.2. The van der Waals surface area contributed by atoms with Crippen molar-refractivity contribution >= 4 is 10.9 Å².